The van der Waals surface area contributed by atoms with Gasteiger partial charge in [0, 0.05) is 6.42 Å². The highest BCUT2D eigenvalue weighted by Gasteiger charge is 2.01. The molecule has 1 aliphatic rings. The third-order valence-corrected chi connectivity index (χ3v) is 4.96. The van der Waals surface area contributed by atoms with Crippen LogP contribution in [-0.4, -0.2) is 12.6 Å². The zero-order valence-corrected chi connectivity index (χ0v) is 15.9. The van der Waals surface area contributed by atoms with E-state index in [9.17, 15) is 4.79 Å². The first-order valence-corrected chi connectivity index (χ1v) is 10.7. The summed E-state index contributed by atoms with van der Waals surface area (Å²) in [7, 11) is 0. The molecule has 1 rings (SSSR count). The smallest absolute Gasteiger partial charge is 0.306 e. The van der Waals surface area contributed by atoms with Gasteiger partial charge in [-0.1, -0.05) is 95.6 Å². The molecule has 0 atom stereocenters. The summed E-state index contributed by atoms with van der Waals surface area (Å²) in [6.07, 6.45) is 27.2. The van der Waals surface area contributed by atoms with Gasteiger partial charge in [0.05, 0.1) is 6.61 Å². The number of allylic oxidation sites excluding steroid dienone is 2. The van der Waals surface area contributed by atoms with E-state index >= 15 is 0 Å². The van der Waals surface area contributed by atoms with Crippen molar-refractivity contribution in [3.05, 3.63) is 12.2 Å². The first-order chi connectivity index (χ1) is 11.9. The summed E-state index contributed by atoms with van der Waals surface area (Å²) >= 11 is 0. The average Bonchev–Trinajstić information content (AvgIpc) is 2.58. The number of hydrogen-bond acceptors (Lipinski definition) is 2. The van der Waals surface area contributed by atoms with Crippen molar-refractivity contribution in [1.82, 2.24) is 0 Å². The number of carbonyl (C=O) groups is 1. The molecule has 0 aliphatic carbocycles. The molecule has 140 valence electrons. The van der Waals surface area contributed by atoms with Crippen LogP contribution in [0.1, 0.15) is 116 Å². The van der Waals surface area contributed by atoms with E-state index in [1.54, 1.807) is 0 Å². The quantitative estimate of drug-likeness (QED) is 0.347. The van der Waals surface area contributed by atoms with Crippen LogP contribution in [0, 0.1) is 0 Å². The Morgan fingerprint density at radius 3 is 1.50 bits per heavy atom. The predicted octanol–water partition coefficient (Wildman–Crippen LogP) is 7.12. The molecule has 0 unspecified atom stereocenters. The number of esters is 1. The molecule has 0 radical (unpaired) electrons. The van der Waals surface area contributed by atoms with Crippen LogP contribution in [0.3, 0.4) is 0 Å². The maximum atomic E-state index is 11.6. The van der Waals surface area contributed by atoms with Crippen LogP contribution < -0.4 is 0 Å². The predicted molar refractivity (Wildman–Crippen MR) is 103 cm³/mol. The Bertz CT molecular complexity index is 309. The molecule has 0 aromatic carbocycles. The number of ether oxygens (including phenoxy) is 1. The van der Waals surface area contributed by atoms with Crippen molar-refractivity contribution in [3.63, 3.8) is 0 Å². The molecule has 1 heterocycles. The Morgan fingerprint density at radius 1 is 0.542 bits per heavy atom. The van der Waals surface area contributed by atoms with Crippen molar-refractivity contribution in [2.75, 3.05) is 6.61 Å². The van der Waals surface area contributed by atoms with Gasteiger partial charge in [0.1, 0.15) is 0 Å². The van der Waals surface area contributed by atoms with E-state index in [4.69, 9.17) is 4.74 Å². The topological polar surface area (TPSA) is 26.3 Å². The second kappa shape index (κ2) is 17.0. The molecule has 1 aliphatic heterocycles. The lowest BCUT2D eigenvalue weighted by atomic mass is 10.0. The van der Waals surface area contributed by atoms with E-state index in [-0.39, 0.29) is 5.97 Å². The van der Waals surface area contributed by atoms with Crippen molar-refractivity contribution in [3.8, 4) is 0 Å². The largest absolute Gasteiger partial charge is 0.466 e. The van der Waals surface area contributed by atoms with Crippen LogP contribution in [0.25, 0.3) is 0 Å². The Morgan fingerprint density at radius 2 is 0.958 bits per heavy atom. The third-order valence-electron chi connectivity index (χ3n) is 4.96. The Hall–Kier alpha value is -0.790. The second-order valence-corrected chi connectivity index (χ2v) is 7.32. The van der Waals surface area contributed by atoms with E-state index in [2.05, 4.69) is 12.2 Å². The normalized spacial score (nSPS) is 23.9. The highest BCUT2D eigenvalue weighted by Crippen LogP contribution is 2.14. The van der Waals surface area contributed by atoms with Gasteiger partial charge in [0.2, 0.25) is 0 Å². The SMILES string of the molecule is O=C1CC/C=C\CCCCCCCCCCCCCCCCCO1. The van der Waals surface area contributed by atoms with Crippen LogP contribution >= 0.6 is 0 Å². The van der Waals surface area contributed by atoms with E-state index in [0.29, 0.717) is 13.0 Å². The van der Waals surface area contributed by atoms with E-state index < -0.39 is 0 Å². The molecular formula is C22H40O2. The van der Waals surface area contributed by atoms with Crippen LogP contribution in [-0.2, 0) is 9.53 Å². The molecule has 0 saturated heterocycles. The summed E-state index contributed by atoms with van der Waals surface area (Å²) in [4.78, 5) is 11.6. The fraction of sp³-hybridized carbons (Fsp3) is 0.864. The van der Waals surface area contributed by atoms with Gasteiger partial charge < -0.3 is 4.74 Å². The molecule has 2 nitrogen and oxygen atoms in total. The van der Waals surface area contributed by atoms with Gasteiger partial charge in [-0.3, -0.25) is 4.79 Å². The lowest BCUT2D eigenvalue weighted by Gasteiger charge is -2.04. The second-order valence-electron chi connectivity index (χ2n) is 7.32. The van der Waals surface area contributed by atoms with Crippen molar-refractivity contribution in [1.29, 1.82) is 0 Å². The van der Waals surface area contributed by atoms with E-state index in [1.807, 2.05) is 0 Å². The lowest BCUT2D eigenvalue weighted by molar-refractivity contribution is -0.143. The maximum Gasteiger partial charge on any atom is 0.306 e. The van der Waals surface area contributed by atoms with Crippen LogP contribution in [0.15, 0.2) is 12.2 Å². The molecular weight excluding hydrogens is 296 g/mol. The van der Waals surface area contributed by atoms with Gasteiger partial charge in [0.15, 0.2) is 0 Å². The third kappa shape index (κ3) is 14.8. The zero-order valence-electron chi connectivity index (χ0n) is 15.9. The zero-order chi connectivity index (χ0) is 17.1. The fourth-order valence-corrected chi connectivity index (χ4v) is 3.36. The van der Waals surface area contributed by atoms with Gasteiger partial charge in [0.25, 0.3) is 0 Å². The summed E-state index contributed by atoms with van der Waals surface area (Å²) in [6, 6.07) is 0. The van der Waals surface area contributed by atoms with Gasteiger partial charge in [-0.25, -0.2) is 0 Å². The molecule has 0 fully saturated rings. The number of rotatable bonds is 0. The molecule has 0 N–H and O–H groups in total. The minimum Gasteiger partial charge on any atom is -0.466 e. The number of carbonyl (C=O) groups excluding carboxylic acids is 1. The first kappa shape index (κ1) is 21.3. The van der Waals surface area contributed by atoms with Gasteiger partial charge in [-0.15, -0.1) is 0 Å². The summed E-state index contributed by atoms with van der Waals surface area (Å²) in [5, 5.41) is 0. The van der Waals surface area contributed by atoms with Crippen LogP contribution in [0.4, 0.5) is 0 Å². The van der Waals surface area contributed by atoms with Gasteiger partial charge >= 0.3 is 5.97 Å². The number of hydrogen-bond donors (Lipinski definition) is 0. The lowest BCUT2D eigenvalue weighted by Crippen LogP contribution is -2.05. The van der Waals surface area contributed by atoms with Gasteiger partial charge in [-0.05, 0) is 25.7 Å². The Balaban J connectivity index is 2.13. The molecule has 24 heavy (non-hydrogen) atoms. The van der Waals surface area contributed by atoms with Crippen molar-refractivity contribution in [2.24, 2.45) is 0 Å². The standard InChI is InChI=1S/C22H40O2/c23-22-20-18-16-14-12-10-8-6-4-2-1-3-5-7-9-11-13-15-17-19-21-24-22/h14,16H,1-13,15,17-21H2/b16-14-. The minimum absolute atomic E-state index is 0.0296. The molecule has 0 saturated carbocycles. The van der Waals surface area contributed by atoms with Crippen molar-refractivity contribution in [2.45, 2.75) is 116 Å². The summed E-state index contributed by atoms with van der Waals surface area (Å²) in [6.45, 7) is 0.614. The van der Waals surface area contributed by atoms with E-state index in [1.165, 1.54) is 89.9 Å². The van der Waals surface area contributed by atoms with Crippen molar-refractivity contribution >= 4 is 5.97 Å². The minimum atomic E-state index is -0.0296. The van der Waals surface area contributed by atoms with Crippen molar-refractivity contribution < 1.29 is 9.53 Å². The summed E-state index contributed by atoms with van der Waals surface area (Å²) in [5.74, 6) is -0.0296. The first-order valence-electron chi connectivity index (χ1n) is 10.7. The monoisotopic (exact) mass is 336 g/mol. The van der Waals surface area contributed by atoms with E-state index in [0.717, 1.165) is 19.3 Å². The molecule has 0 bridgehead atoms. The molecule has 2 heteroatoms. The Kier molecular flexibility index (Phi) is 15.1. The molecule has 0 spiro atoms. The highest BCUT2D eigenvalue weighted by molar-refractivity contribution is 5.69. The molecule has 0 aromatic rings. The van der Waals surface area contributed by atoms with Crippen LogP contribution in [0.5, 0.6) is 0 Å². The number of cyclic esters (lactones) is 1. The molecule has 0 amide bonds. The fourth-order valence-electron chi connectivity index (χ4n) is 3.36. The van der Waals surface area contributed by atoms with Crippen LogP contribution in [0.2, 0.25) is 0 Å². The summed E-state index contributed by atoms with van der Waals surface area (Å²) < 4.78 is 5.30. The maximum absolute atomic E-state index is 11.6. The Labute approximate surface area is 150 Å². The molecule has 0 aromatic heterocycles. The van der Waals surface area contributed by atoms with Gasteiger partial charge in [-0.2, -0.15) is 0 Å². The summed E-state index contributed by atoms with van der Waals surface area (Å²) in [5.41, 5.74) is 0. The average molecular weight is 337 g/mol. The highest BCUT2D eigenvalue weighted by atomic mass is 16.5.